The van der Waals surface area contributed by atoms with Gasteiger partial charge in [0, 0.05) is 5.69 Å². The van der Waals surface area contributed by atoms with Crippen LogP contribution in [0.1, 0.15) is 33.4 Å². The third-order valence-corrected chi connectivity index (χ3v) is 5.66. The topological polar surface area (TPSA) is 46.2 Å². The van der Waals surface area contributed by atoms with Crippen LogP contribution in [0.25, 0.3) is 11.6 Å². The fourth-order valence-corrected chi connectivity index (χ4v) is 4.32. The summed E-state index contributed by atoms with van der Waals surface area (Å²) in [5, 5.41) is 0. The van der Waals surface area contributed by atoms with E-state index in [-0.39, 0.29) is 0 Å². The van der Waals surface area contributed by atoms with Crippen LogP contribution in [0.4, 0.5) is 5.69 Å². The summed E-state index contributed by atoms with van der Waals surface area (Å²) >= 11 is 0. The molecule has 3 aromatic rings. The van der Waals surface area contributed by atoms with Gasteiger partial charge < -0.3 is 0 Å². The van der Waals surface area contributed by atoms with E-state index in [0.717, 1.165) is 24.7 Å². The molecular formula is C24H23NO2S. The highest BCUT2D eigenvalue weighted by atomic mass is 32.2. The number of nitrogens with one attached hydrogen (secondary N) is 1. The van der Waals surface area contributed by atoms with Crippen molar-refractivity contribution in [3.05, 3.63) is 100 Å². The quantitative estimate of drug-likeness (QED) is 0.681. The summed E-state index contributed by atoms with van der Waals surface area (Å²) in [5.74, 6) is 0. The van der Waals surface area contributed by atoms with Crippen LogP contribution in [0.15, 0.2) is 66.7 Å². The van der Waals surface area contributed by atoms with E-state index < -0.39 is 10.0 Å². The zero-order chi connectivity index (χ0) is 19.7. The molecule has 0 fully saturated rings. The van der Waals surface area contributed by atoms with Gasteiger partial charge in [0.25, 0.3) is 0 Å². The Morgan fingerprint density at radius 2 is 1.54 bits per heavy atom. The van der Waals surface area contributed by atoms with E-state index in [9.17, 15) is 8.42 Å². The molecule has 0 saturated carbocycles. The van der Waals surface area contributed by atoms with E-state index >= 15 is 0 Å². The molecule has 1 aliphatic carbocycles. The Bertz CT molecular complexity index is 1160. The summed E-state index contributed by atoms with van der Waals surface area (Å²) in [6, 6.07) is 22.8. The van der Waals surface area contributed by atoms with Gasteiger partial charge in [0.1, 0.15) is 0 Å². The van der Waals surface area contributed by atoms with E-state index in [1.165, 1.54) is 33.4 Å². The lowest BCUT2D eigenvalue weighted by molar-refractivity contribution is 0.607. The Kier molecular flexibility index (Phi) is 4.82. The molecule has 0 unspecified atom stereocenters. The Morgan fingerprint density at radius 1 is 0.857 bits per heavy atom. The maximum atomic E-state index is 11.4. The van der Waals surface area contributed by atoms with E-state index in [4.69, 9.17) is 0 Å². The number of sulfonamides is 1. The normalized spacial score (nSPS) is 14.9. The van der Waals surface area contributed by atoms with Crippen molar-refractivity contribution in [2.45, 2.75) is 19.8 Å². The molecule has 0 atom stereocenters. The van der Waals surface area contributed by atoms with Gasteiger partial charge in [-0.05, 0) is 71.4 Å². The molecule has 3 aromatic carbocycles. The molecule has 0 aromatic heterocycles. The van der Waals surface area contributed by atoms with Crippen LogP contribution in [-0.2, 0) is 22.9 Å². The molecule has 0 spiro atoms. The highest BCUT2D eigenvalue weighted by Crippen LogP contribution is 2.35. The van der Waals surface area contributed by atoms with Gasteiger partial charge >= 0.3 is 0 Å². The van der Waals surface area contributed by atoms with Gasteiger partial charge in [0.15, 0.2) is 0 Å². The molecule has 0 heterocycles. The fourth-order valence-electron chi connectivity index (χ4n) is 3.76. The molecule has 4 heteroatoms. The molecule has 1 aliphatic rings. The van der Waals surface area contributed by atoms with Crippen molar-refractivity contribution >= 4 is 27.4 Å². The standard InChI is InChI=1S/C24H23NO2S/c1-17-7-10-20-12-11-19-5-3-4-6-22(19)24(23(20)15-17)16-18-8-13-21(14-9-18)25-28(2,26)27/h3-10,13-16,25H,11-12H2,1-2H3/b24-16-. The molecule has 0 saturated heterocycles. The number of fused-ring (bicyclic) bond motifs is 2. The third kappa shape index (κ3) is 4.02. The zero-order valence-corrected chi connectivity index (χ0v) is 16.9. The van der Waals surface area contributed by atoms with Crippen molar-refractivity contribution in [3.63, 3.8) is 0 Å². The number of aryl methyl sites for hydroxylation is 3. The summed E-state index contributed by atoms with van der Waals surface area (Å²) in [6.07, 6.45) is 5.42. The van der Waals surface area contributed by atoms with Crippen molar-refractivity contribution in [3.8, 4) is 0 Å². The first-order chi connectivity index (χ1) is 13.4. The van der Waals surface area contributed by atoms with Crippen LogP contribution < -0.4 is 4.72 Å². The van der Waals surface area contributed by atoms with E-state index in [1.807, 2.05) is 12.1 Å². The van der Waals surface area contributed by atoms with Gasteiger partial charge in [-0.2, -0.15) is 0 Å². The molecule has 1 N–H and O–H groups in total. The monoisotopic (exact) mass is 389 g/mol. The lowest BCUT2D eigenvalue weighted by Crippen LogP contribution is -2.09. The SMILES string of the molecule is Cc1ccc2c(c1)/C(=C\c1ccc(NS(C)(=O)=O)cc1)c1ccccc1CC2. The maximum Gasteiger partial charge on any atom is 0.229 e. The Morgan fingerprint density at radius 3 is 2.25 bits per heavy atom. The molecule has 0 amide bonds. The molecule has 0 radical (unpaired) electrons. The molecule has 3 nitrogen and oxygen atoms in total. The number of rotatable bonds is 3. The van der Waals surface area contributed by atoms with Crippen molar-refractivity contribution < 1.29 is 8.42 Å². The molecule has 0 bridgehead atoms. The predicted molar refractivity (Wildman–Crippen MR) is 117 cm³/mol. The Hall–Kier alpha value is -2.85. The van der Waals surface area contributed by atoms with Gasteiger partial charge in [0.05, 0.1) is 6.26 Å². The van der Waals surface area contributed by atoms with Gasteiger partial charge in [-0.15, -0.1) is 0 Å². The lowest BCUT2D eigenvalue weighted by Gasteiger charge is -2.13. The molecule has 28 heavy (non-hydrogen) atoms. The number of benzene rings is 3. The average molecular weight is 390 g/mol. The molecule has 4 rings (SSSR count). The minimum Gasteiger partial charge on any atom is -0.284 e. The van der Waals surface area contributed by atoms with Crippen LogP contribution >= 0.6 is 0 Å². The van der Waals surface area contributed by atoms with Crippen molar-refractivity contribution in [1.29, 1.82) is 0 Å². The summed E-state index contributed by atoms with van der Waals surface area (Å²) < 4.78 is 25.4. The van der Waals surface area contributed by atoms with E-state index in [2.05, 4.69) is 60.2 Å². The maximum absolute atomic E-state index is 11.4. The number of hydrogen-bond acceptors (Lipinski definition) is 2. The highest BCUT2D eigenvalue weighted by Gasteiger charge is 2.18. The predicted octanol–water partition coefficient (Wildman–Crippen LogP) is 5.05. The zero-order valence-electron chi connectivity index (χ0n) is 16.1. The van der Waals surface area contributed by atoms with Gasteiger partial charge in [-0.3, -0.25) is 4.72 Å². The van der Waals surface area contributed by atoms with Crippen molar-refractivity contribution in [2.24, 2.45) is 0 Å². The second-order valence-corrected chi connectivity index (χ2v) is 9.12. The largest absolute Gasteiger partial charge is 0.284 e. The van der Waals surface area contributed by atoms with Crippen molar-refractivity contribution in [2.75, 3.05) is 11.0 Å². The fraction of sp³-hybridized carbons (Fsp3) is 0.167. The average Bonchev–Trinajstić information content (AvgIpc) is 2.80. The van der Waals surface area contributed by atoms with Crippen LogP contribution in [0, 0.1) is 6.92 Å². The van der Waals surface area contributed by atoms with Crippen LogP contribution in [0.2, 0.25) is 0 Å². The van der Waals surface area contributed by atoms with Crippen molar-refractivity contribution in [1.82, 2.24) is 0 Å². The van der Waals surface area contributed by atoms with Gasteiger partial charge in [-0.25, -0.2) is 8.42 Å². The third-order valence-electron chi connectivity index (χ3n) is 5.05. The lowest BCUT2D eigenvalue weighted by atomic mass is 9.91. The molecule has 0 aliphatic heterocycles. The van der Waals surface area contributed by atoms with Crippen LogP contribution in [0.5, 0.6) is 0 Å². The summed E-state index contributed by atoms with van der Waals surface area (Å²) in [7, 11) is -3.27. The van der Waals surface area contributed by atoms with E-state index in [0.29, 0.717) is 5.69 Å². The second-order valence-electron chi connectivity index (χ2n) is 7.37. The summed E-state index contributed by atoms with van der Waals surface area (Å²) in [6.45, 7) is 2.13. The summed E-state index contributed by atoms with van der Waals surface area (Å²) in [5.41, 5.74) is 9.35. The minimum atomic E-state index is -3.27. The first kappa shape index (κ1) is 18.5. The number of hydrogen-bond donors (Lipinski definition) is 1. The van der Waals surface area contributed by atoms with Gasteiger partial charge in [-0.1, -0.05) is 60.2 Å². The van der Waals surface area contributed by atoms with Gasteiger partial charge in [0.2, 0.25) is 10.0 Å². The highest BCUT2D eigenvalue weighted by molar-refractivity contribution is 7.92. The molecular weight excluding hydrogens is 366 g/mol. The van der Waals surface area contributed by atoms with Crippen LogP contribution in [0.3, 0.4) is 0 Å². The Balaban J connectivity index is 1.83. The second kappa shape index (κ2) is 7.28. The first-order valence-corrected chi connectivity index (χ1v) is 11.3. The molecule has 142 valence electrons. The Labute approximate surface area is 166 Å². The smallest absolute Gasteiger partial charge is 0.229 e. The minimum absolute atomic E-state index is 0.571. The van der Waals surface area contributed by atoms with E-state index in [1.54, 1.807) is 12.1 Å². The first-order valence-electron chi connectivity index (χ1n) is 9.37. The summed E-state index contributed by atoms with van der Waals surface area (Å²) in [4.78, 5) is 0. The van der Waals surface area contributed by atoms with Crippen LogP contribution in [-0.4, -0.2) is 14.7 Å². The number of anilines is 1.